The van der Waals surface area contributed by atoms with Crippen molar-refractivity contribution in [1.82, 2.24) is 4.90 Å². The van der Waals surface area contributed by atoms with Gasteiger partial charge < -0.3 is 10.2 Å². The zero-order valence-electron chi connectivity index (χ0n) is 11.8. The molecule has 1 aromatic rings. The fourth-order valence-electron chi connectivity index (χ4n) is 2.89. The predicted molar refractivity (Wildman–Crippen MR) is 72.2 cm³/mol. The first kappa shape index (κ1) is 15.4. The molecular weight excluding hydrogens is 264 g/mol. The summed E-state index contributed by atoms with van der Waals surface area (Å²) < 4.78 is 26.1. The van der Waals surface area contributed by atoms with Crippen molar-refractivity contribution < 1.29 is 19.0 Å². The molecule has 2 N–H and O–H groups in total. The van der Waals surface area contributed by atoms with Gasteiger partial charge in [-0.3, -0.25) is 4.90 Å². The van der Waals surface area contributed by atoms with Gasteiger partial charge in [-0.1, -0.05) is 6.07 Å². The molecule has 0 spiro atoms. The summed E-state index contributed by atoms with van der Waals surface area (Å²) in [5.74, 6) is -1.88. The minimum absolute atomic E-state index is 0.0255. The third-order valence-corrected chi connectivity index (χ3v) is 3.92. The Kier molecular flexibility index (Phi) is 4.42. The number of hydrogen-bond donors (Lipinski definition) is 2. The molecule has 0 aromatic heterocycles. The summed E-state index contributed by atoms with van der Waals surface area (Å²) in [6, 6.07) is 3.40. The lowest BCUT2D eigenvalue weighted by molar-refractivity contribution is -0.0161. The lowest BCUT2D eigenvalue weighted by Crippen LogP contribution is -2.46. The van der Waals surface area contributed by atoms with Crippen LogP contribution in [0.5, 0.6) is 0 Å². The number of β-amino-alcohol motifs (C(OH)–C–C–N with tert-alkyl or cyclic N) is 1. The van der Waals surface area contributed by atoms with Crippen molar-refractivity contribution in [2.45, 2.75) is 44.4 Å². The molecule has 1 aromatic carbocycles. The summed E-state index contributed by atoms with van der Waals surface area (Å²) in [6.07, 6.45) is 0.931. The number of hydrogen-bond acceptors (Lipinski definition) is 3. The van der Waals surface area contributed by atoms with Crippen molar-refractivity contribution in [3.8, 4) is 0 Å². The first-order valence-corrected chi connectivity index (χ1v) is 6.88. The zero-order valence-corrected chi connectivity index (χ0v) is 11.8. The van der Waals surface area contributed by atoms with E-state index in [0.29, 0.717) is 12.1 Å². The molecule has 2 atom stereocenters. The highest BCUT2D eigenvalue weighted by atomic mass is 19.2. The molecular formula is C15H21F2NO2. The average Bonchev–Trinajstić information content (AvgIpc) is 2.80. The lowest BCUT2D eigenvalue weighted by atomic mass is 9.96. The van der Waals surface area contributed by atoms with Crippen LogP contribution in [0.25, 0.3) is 0 Å². The van der Waals surface area contributed by atoms with E-state index in [4.69, 9.17) is 0 Å². The summed E-state index contributed by atoms with van der Waals surface area (Å²) in [5.41, 5.74) is -0.491. The average molecular weight is 285 g/mol. The van der Waals surface area contributed by atoms with Crippen LogP contribution < -0.4 is 0 Å². The summed E-state index contributed by atoms with van der Waals surface area (Å²) >= 11 is 0. The van der Waals surface area contributed by atoms with Gasteiger partial charge in [0, 0.05) is 12.6 Å². The predicted octanol–water partition coefficient (Wildman–Crippen LogP) is 2.23. The highest BCUT2D eigenvalue weighted by Crippen LogP contribution is 2.29. The topological polar surface area (TPSA) is 43.7 Å². The molecule has 112 valence electrons. The van der Waals surface area contributed by atoms with Gasteiger partial charge in [-0.2, -0.15) is 0 Å². The second-order valence-corrected chi connectivity index (χ2v) is 6.00. The molecule has 0 bridgehead atoms. The molecule has 20 heavy (non-hydrogen) atoms. The van der Waals surface area contributed by atoms with Crippen molar-refractivity contribution in [1.29, 1.82) is 0 Å². The minimum atomic E-state index is -0.956. The molecule has 1 heterocycles. The van der Waals surface area contributed by atoms with Crippen LogP contribution in [0.15, 0.2) is 18.2 Å². The van der Waals surface area contributed by atoms with Gasteiger partial charge in [-0.25, -0.2) is 8.78 Å². The summed E-state index contributed by atoms with van der Waals surface area (Å²) in [4.78, 5) is 2.01. The van der Waals surface area contributed by atoms with Crippen LogP contribution >= 0.6 is 0 Å². The number of halogens is 2. The normalized spacial score (nSPS) is 22.2. The quantitative estimate of drug-likeness (QED) is 0.891. The largest absolute Gasteiger partial charge is 0.389 e. The Bertz CT molecular complexity index is 473. The third kappa shape index (κ3) is 3.34. The Morgan fingerprint density at radius 3 is 2.65 bits per heavy atom. The van der Waals surface area contributed by atoms with Gasteiger partial charge >= 0.3 is 0 Å². The van der Waals surface area contributed by atoms with E-state index >= 15 is 0 Å². The lowest BCUT2D eigenvalue weighted by Gasteiger charge is -2.34. The molecule has 5 heteroatoms. The number of likely N-dealkylation sites (tertiary alicyclic amines) is 1. The van der Waals surface area contributed by atoms with Crippen LogP contribution in [0.2, 0.25) is 0 Å². The molecule has 0 aliphatic carbocycles. The number of aliphatic hydroxyl groups is 2. The monoisotopic (exact) mass is 285 g/mol. The second kappa shape index (κ2) is 5.76. The molecule has 0 saturated carbocycles. The first-order valence-electron chi connectivity index (χ1n) is 6.88. The maximum absolute atomic E-state index is 13.2. The molecule has 1 aliphatic heterocycles. The molecule has 0 amide bonds. The van der Waals surface area contributed by atoms with Gasteiger partial charge in [0.1, 0.15) is 0 Å². The highest BCUT2D eigenvalue weighted by Gasteiger charge is 2.36. The van der Waals surface area contributed by atoms with Crippen LogP contribution in [0.1, 0.15) is 38.4 Å². The Balaban J connectivity index is 2.07. The fourth-order valence-corrected chi connectivity index (χ4v) is 2.89. The molecule has 1 saturated heterocycles. The van der Waals surface area contributed by atoms with E-state index in [1.165, 1.54) is 6.07 Å². The van der Waals surface area contributed by atoms with E-state index in [2.05, 4.69) is 0 Å². The van der Waals surface area contributed by atoms with E-state index < -0.39 is 23.3 Å². The van der Waals surface area contributed by atoms with E-state index in [0.717, 1.165) is 31.5 Å². The Hall–Kier alpha value is -1.04. The first-order chi connectivity index (χ1) is 9.29. The Labute approximate surface area is 117 Å². The highest BCUT2D eigenvalue weighted by molar-refractivity contribution is 5.20. The number of aliphatic hydroxyl groups excluding tert-OH is 1. The van der Waals surface area contributed by atoms with Crippen molar-refractivity contribution in [2.75, 3.05) is 13.1 Å². The summed E-state index contributed by atoms with van der Waals surface area (Å²) in [7, 11) is 0. The van der Waals surface area contributed by atoms with Crippen LogP contribution in [0, 0.1) is 11.6 Å². The second-order valence-electron chi connectivity index (χ2n) is 6.00. The molecule has 0 radical (unpaired) electrons. The van der Waals surface area contributed by atoms with Crippen LogP contribution in [0.4, 0.5) is 8.78 Å². The van der Waals surface area contributed by atoms with E-state index in [-0.39, 0.29) is 6.04 Å². The van der Waals surface area contributed by atoms with E-state index in [1.54, 1.807) is 13.8 Å². The fraction of sp³-hybridized carbons (Fsp3) is 0.600. The van der Waals surface area contributed by atoms with Crippen molar-refractivity contribution in [3.05, 3.63) is 35.4 Å². The van der Waals surface area contributed by atoms with E-state index in [1.807, 2.05) is 4.90 Å². The zero-order chi connectivity index (χ0) is 14.9. The summed E-state index contributed by atoms with van der Waals surface area (Å²) in [5, 5.41) is 20.3. The Morgan fingerprint density at radius 2 is 2.05 bits per heavy atom. The van der Waals surface area contributed by atoms with Crippen LogP contribution in [-0.2, 0) is 0 Å². The number of benzene rings is 1. The molecule has 1 fully saturated rings. The molecule has 2 unspecified atom stereocenters. The van der Waals surface area contributed by atoms with Gasteiger partial charge in [-0.15, -0.1) is 0 Å². The number of nitrogens with zero attached hydrogens (tertiary/aromatic N) is 1. The summed E-state index contributed by atoms with van der Waals surface area (Å²) in [6.45, 7) is 4.59. The van der Waals surface area contributed by atoms with Gasteiger partial charge in [0.25, 0.3) is 0 Å². The SMILES string of the molecule is CC(C)(O)C1CCCN1CC(O)c1ccc(F)c(F)c1. The van der Waals surface area contributed by atoms with E-state index in [9.17, 15) is 19.0 Å². The van der Waals surface area contributed by atoms with Gasteiger partial charge in [0.2, 0.25) is 0 Å². The molecule has 1 aliphatic rings. The smallest absolute Gasteiger partial charge is 0.159 e. The minimum Gasteiger partial charge on any atom is -0.389 e. The van der Waals surface area contributed by atoms with Crippen LogP contribution in [0.3, 0.4) is 0 Å². The standard InChI is InChI=1S/C15H21F2NO2/c1-15(2,20)14-4-3-7-18(14)9-13(19)10-5-6-11(16)12(17)8-10/h5-6,8,13-14,19-20H,3-4,7,9H2,1-2H3. The van der Waals surface area contributed by atoms with Crippen molar-refractivity contribution in [2.24, 2.45) is 0 Å². The van der Waals surface area contributed by atoms with Crippen LogP contribution in [-0.4, -0.2) is 39.8 Å². The Morgan fingerprint density at radius 1 is 1.35 bits per heavy atom. The maximum atomic E-state index is 13.2. The van der Waals surface area contributed by atoms with Crippen molar-refractivity contribution in [3.63, 3.8) is 0 Å². The van der Waals surface area contributed by atoms with Gasteiger partial charge in [-0.05, 0) is 50.9 Å². The maximum Gasteiger partial charge on any atom is 0.159 e. The molecule has 2 rings (SSSR count). The third-order valence-electron chi connectivity index (χ3n) is 3.92. The number of rotatable bonds is 4. The van der Waals surface area contributed by atoms with Gasteiger partial charge in [0.15, 0.2) is 11.6 Å². The van der Waals surface area contributed by atoms with Gasteiger partial charge in [0.05, 0.1) is 11.7 Å². The molecule has 3 nitrogen and oxygen atoms in total. The van der Waals surface area contributed by atoms with Crippen molar-refractivity contribution >= 4 is 0 Å².